The van der Waals surface area contributed by atoms with Crippen molar-refractivity contribution in [3.8, 4) is 0 Å². The van der Waals surface area contributed by atoms with Gasteiger partial charge < -0.3 is 10.8 Å². The molecule has 0 fully saturated rings. The first kappa shape index (κ1) is 7.34. The van der Waals surface area contributed by atoms with Gasteiger partial charge in [-0.05, 0) is 0 Å². The molecule has 0 heterocycles. The molecular weight excluding hydrogens is 130 g/mol. The number of hydrogen-bond donors (Lipinski definition) is 2. The highest BCUT2D eigenvalue weighted by molar-refractivity contribution is 6.33. The average molecular weight is 133 g/mol. The van der Waals surface area contributed by atoms with Crippen LogP contribution in [0.5, 0.6) is 0 Å². The lowest BCUT2D eigenvalue weighted by atomic mass is 10.6. The summed E-state index contributed by atoms with van der Waals surface area (Å²) < 4.78 is 0. The van der Waals surface area contributed by atoms with Gasteiger partial charge in [0, 0.05) is 0 Å². The van der Waals surface area contributed by atoms with E-state index >= 15 is 0 Å². The molecule has 0 rings (SSSR count). The van der Waals surface area contributed by atoms with Gasteiger partial charge in [0.15, 0.2) is 5.03 Å². The number of aliphatic carboxylic acids is 1. The largest absolute Gasteiger partial charge is 0.475 e. The van der Waals surface area contributed by atoms with Gasteiger partial charge >= 0.3 is 5.97 Å². The van der Waals surface area contributed by atoms with E-state index in [1.165, 1.54) is 0 Å². The Morgan fingerprint density at radius 3 is 2.33 bits per heavy atom. The summed E-state index contributed by atoms with van der Waals surface area (Å²) in [5, 5.41) is 18.4. The van der Waals surface area contributed by atoms with Crippen LogP contribution >= 0.6 is 0 Å². The van der Waals surface area contributed by atoms with Crippen molar-refractivity contribution in [2.24, 2.45) is 10.8 Å². The molecule has 0 aromatic rings. The van der Waals surface area contributed by atoms with Crippen LogP contribution in [0.15, 0.2) is 5.10 Å². The second-order valence-corrected chi connectivity index (χ2v) is 1.03. The number of hydrogen-bond acceptors (Lipinski definition) is 3. The molecule has 0 aliphatic heterocycles. The smallest absolute Gasteiger partial charge is 0.377 e. The molecule has 0 spiro atoms. The van der Waals surface area contributed by atoms with Crippen molar-refractivity contribution in [3.05, 3.63) is 10.1 Å². The number of amidine groups is 1. The molecule has 0 unspecified atom stereocenters. The number of nitrogens with two attached hydrogens (primary N) is 1. The van der Waals surface area contributed by atoms with Gasteiger partial charge in [0.25, 0.3) is 5.84 Å². The maximum Gasteiger partial charge on any atom is 0.377 e. The minimum absolute atomic E-state index is 1.03. The molecule has 0 aromatic heterocycles. The van der Waals surface area contributed by atoms with Crippen LogP contribution in [0.2, 0.25) is 0 Å². The predicted molar refractivity (Wildman–Crippen MR) is 26.3 cm³/mol. The van der Waals surface area contributed by atoms with E-state index in [2.05, 4.69) is 10.8 Å². The Balaban J connectivity index is 4.17. The standard InChI is InChI=1S/C2H3N3O4/c3-1(2(6)7)4-5(8)9/h(H2,3,4)(H,6,7). The maximum atomic E-state index is 9.67. The second-order valence-electron chi connectivity index (χ2n) is 1.03. The van der Waals surface area contributed by atoms with Crippen LogP contribution < -0.4 is 5.73 Å². The number of nitrogens with zero attached hydrogens (tertiary/aromatic N) is 2. The third-order valence-electron chi connectivity index (χ3n) is 0.409. The molecular formula is C2H3N3O4. The third kappa shape index (κ3) is 2.97. The Hall–Kier alpha value is -1.66. The summed E-state index contributed by atoms with van der Waals surface area (Å²) in [6, 6.07) is 0. The fourth-order valence-electron chi connectivity index (χ4n) is 0.131. The summed E-state index contributed by atoms with van der Waals surface area (Å²) in [5.41, 5.74) is 4.53. The molecule has 0 bridgehead atoms. The van der Waals surface area contributed by atoms with E-state index in [9.17, 15) is 14.9 Å². The molecule has 0 atom stereocenters. The molecule has 0 saturated carbocycles. The molecule has 0 aromatic carbocycles. The predicted octanol–water partition coefficient (Wildman–Crippen LogP) is -1.38. The van der Waals surface area contributed by atoms with Crippen molar-refractivity contribution in [2.45, 2.75) is 0 Å². The molecule has 0 aliphatic carbocycles. The molecule has 9 heavy (non-hydrogen) atoms. The Kier molecular flexibility index (Phi) is 2.12. The molecule has 0 aliphatic rings. The number of rotatable bonds is 1. The molecule has 0 amide bonds. The second kappa shape index (κ2) is 2.60. The van der Waals surface area contributed by atoms with Crippen molar-refractivity contribution in [3.63, 3.8) is 0 Å². The highest BCUT2D eigenvalue weighted by Gasteiger charge is 2.07. The zero-order valence-corrected chi connectivity index (χ0v) is 4.14. The molecule has 0 radical (unpaired) electrons. The van der Waals surface area contributed by atoms with Crippen LogP contribution in [0, 0.1) is 10.1 Å². The first-order valence-corrected chi connectivity index (χ1v) is 1.76. The van der Waals surface area contributed by atoms with Gasteiger partial charge in [0.2, 0.25) is 0 Å². The highest BCUT2D eigenvalue weighted by Crippen LogP contribution is 1.70. The number of carboxylic acid groups (broad SMARTS) is 1. The van der Waals surface area contributed by atoms with E-state index in [1.54, 1.807) is 0 Å². The van der Waals surface area contributed by atoms with Crippen molar-refractivity contribution in [2.75, 3.05) is 0 Å². The highest BCUT2D eigenvalue weighted by atomic mass is 16.7. The molecule has 3 N–H and O–H groups in total. The van der Waals surface area contributed by atoms with E-state index in [1.807, 2.05) is 0 Å². The van der Waals surface area contributed by atoms with Crippen LogP contribution in [0.25, 0.3) is 0 Å². The normalized spacial score (nSPS) is 10.9. The zero-order chi connectivity index (χ0) is 7.44. The van der Waals surface area contributed by atoms with Crippen LogP contribution in [0.1, 0.15) is 0 Å². The quantitative estimate of drug-likeness (QED) is 0.198. The van der Waals surface area contributed by atoms with Gasteiger partial charge in [0.1, 0.15) is 0 Å². The Bertz CT molecular complexity index is 173. The summed E-state index contributed by atoms with van der Waals surface area (Å²) >= 11 is 0. The van der Waals surface area contributed by atoms with E-state index in [0.29, 0.717) is 0 Å². The third-order valence-corrected chi connectivity index (χ3v) is 0.409. The Labute approximate surface area is 48.9 Å². The minimum atomic E-state index is -1.60. The molecule has 7 nitrogen and oxygen atoms in total. The van der Waals surface area contributed by atoms with E-state index < -0.39 is 16.8 Å². The Morgan fingerprint density at radius 1 is 1.78 bits per heavy atom. The lowest BCUT2D eigenvalue weighted by Gasteiger charge is -1.81. The van der Waals surface area contributed by atoms with Gasteiger partial charge in [-0.2, -0.15) is 0 Å². The topological polar surface area (TPSA) is 119 Å². The van der Waals surface area contributed by atoms with Gasteiger partial charge in [-0.1, -0.05) is 0 Å². The van der Waals surface area contributed by atoms with E-state index in [4.69, 9.17) is 5.11 Å². The Morgan fingerprint density at radius 2 is 2.22 bits per heavy atom. The molecule has 50 valence electrons. The summed E-state index contributed by atoms with van der Waals surface area (Å²) in [6.07, 6.45) is 0. The summed E-state index contributed by atoms with van der Waals surface area (Å²) in [5.74, 6) is -2.63. The van der Waals surface area contributed by atoms with Crippen LogP contribution in [-0.4, -0.2) is 21.9 Å². The maximum absolute atomic E-state index is 9.67. The minimum Gasteiger partial charge on any atom is -0.475 e. The molecule has 0 saturated heterocycles. The van der Waals surface area contributed by atoms with Gasteiger partial charge in [-0.3, -0.25) is 0 Å². The monoisotopic (exact) mass is 133 g/mol. The first-order valence-electron chi connectivity index (χ1n) is 1.76. The lowest BCUT2D eigenvalue weighted by Crippen LogP contribution is -2.24. The van der Waals surface area contributed by atoms with Gasteiger partial charge in [0.05, 0.1) is 5.10 Å². The zero-order valence-electron chi connectivity index (χ0n) is 4.14. The summed E-state index contributed by atoms with van der Waals surface area (Å²) in [4.78, 5) is 19.1. The first-order chi connectivity index (χ1) is 4.04. The fourth-order valence-corrected chi connectivity index (χ4v) is 0.131. The van der Waals surface area contributed by atoms with E-state index in [0.717, 1.165) is 0 Å². The van der Waals surface area contributed by atoms with Crippen molar-refractivity contribution in [1.82, 2.24) is 0 Å². The summed E-state index contributed by atoms with van der Waals surface area (Å²) in [6.45, 7) is 0. The lowest BCUT2D eigenvalue weighted by molar-refractivity contribution is -0.485. The van der Waals surface area contributed by atoms with Crippen LogP contribution in [0.3, 0.4) is 0 Å². The average Bonchev–Trinajstić information content (AvgIpc) is 1.63. The number of carbonyl (C=O) groups is 1. The van der Waals surface area contributed by atoms with Crippen molar-refractivity contribution in [1.29, 1.82) is 0 Å². The van der Waals surface area contributed by atoms with Crippen LogP contribution in [0.4, 0.5) is 0 Å². The van der Waals surface area contributed by atoms with Gasteiger partial charge in [-0.15, -0.1) is 0 Å². The SMILES string of the molecule is NC(=N[N+](=O)[O-])C(=O)O. The van der Waals surface area contributed by atoms with Crippen LogP contribution in [-0.2, 0) is 4.79 Å². The number of nitro groups is 1. The number of carboxylic acids is 1. The van der Waals surface area contributed by atoms with Crippen molar-refractivity contribution >= 4 is 11.8 Å². The van der Waals surface area contributed by atoms with Crippen molar-refractivity contribution < 1.29 is 14.9 Å². The number of hydrazone groups is 1. The van der Waals surface area contributed by atoms with E-state index in [-0.39, 0.29) is 0 Å². The fraction of sp³-hybridized carbons (Fsp3) is 0. The van der Waals surface area contributed by atoms with Gasteiger partial charge in [-0.25, -0.2) is 14.9 Å². The summed E-state index contributed by atoms with van der Waals surface area (Å²) in [7, 11) is 0. The molecule has 7 heteroatoms.